The van der Waals surface area contributed by atoms with Gasteiger partial charge in [0.1, 0.15) is 12.2 Å². The first-order valence-electron chi connectivity index (χ1n) is 8.91. The first-order valence-corrected chi connectivity index (χ1v) is 8.91. The van der Waals surface area contributed by atoms with Crippen molar-refractivity contribution in [1.82, 2.24) is 0 Å². The number of hydrogen-bond donors (Lipinski definition) is 1. The van der Waals surface area contributed by atoms with E-state index in [9.17, 15) is 9.90 Å². The number of hydrogen-bond acceptors (Lipinski definition) is 4. The second-order valence-electron chi connectivity index (χ2n) is 6.06. The van der Waals surface area contributed by atoms with Crippen molar-refractivity contribution in [3.8, 4) is 0 Å². The number of rotatable bonds is 13. The lowest BCUT2D eigenvalue weighted by Gasteiger charge is -2.07. The number of aliphatic hydroxyl groups excluding tert-OH is 1. The molecule has 0 spiro atoms. The van der Waals surface area contributed by atoms with Crippen molar-refractivity contribution in [2.75, 3.05) is 7.11 Å². The van der Waals surface area contributed by atoms with Crippen LogP contribution in [0, 0.1) is 0 Å². The molecule has 4 nitrogen and oxygen atoms in total. The van der Waals surface area contributed by atoms with Gasteiger partial charge in [0.25, 0.3) is 0 Å². The molecule has 0 saturated carbocycles. The third-order valence-corrected chi connectivity index (χ3v) is 4.05. The quantitative estimate of drug-likeness (QED) is 0.241. The van der Waals surface area contributed by atoms with Crippen LogP contribution in [-0.2, 0) is 14.3 Å². The van der Waals surface area contributed by atoms with Gasteiger partial charge in [-0.15, -0.1) is 0 Å². The van der Waals surface area contributed by atoms with Gasteiger partial charge >= 0.3 is 5.97 Å². The topological polar surface area (TPSA) is 59.1 Å². The normalized spacial score (nSPS) is 21.9. The van der Waals surface area contributed by atoms with E-state index in [2.05, 4.69) is 36.0 Å². The molecule has 1 N–H and O–H groups in total. The van der Waals surface area contributed by atoms with Crippen LogP contribution < -0.4 is 0 Å². The van der Waals surface area contributed by atoms with E-state index in [4.69, 9.17) is 4.74 Å². The van der Waals surface area contributed by atoms with E-state index in [0.29, 0.717) is 6.42 Å². The summed E-state index contributed by atoms with van der Waals surface area (Å²) < 4.78 is 10.1. The SMILES string of the molecule is CC/C=C\C/C=C\[C@@H]1O[C@H]1[C@@H](O)CCCCCCCC(=O)OC. The molecular formula is C19H32O4. The predicted octanol–water partition coefficient (Wildman–Crippen LogP) is 3.93. The van der Waals surface area contributed by atoms with Crippen LogP contribution in [0.15, 0.2) is 24.3 Å². The summed E-state index contributed by atoms with van der Waals surface area (Å²) in [4.78, 5) is 11.0. The van der Waals surface area contributed by atoms with Crippen molar-refractivity contribution in [3.63, 3.8) is 0 Å². The Morgan fingerprint density at radius 2 is 1.91 bits per heavy atom. The molecule has 1 aliphatic heterocycles. The third-order valence-electron chi connectivity index (χ3n) is 4.05. The summed E-state index contributed by atoms with van der Waals surface area (Å²) in [7, 11) is 1.42. The van der Waals surface area contributed by atoms with Crippen LogP contribution in [0.5, 0.6) is 0 Å². The Hall–Kier alpha value is -1.13. The van der Waals surface area contributed by atoms with Gasteiger partial charge in [-0.3, -0.25) is 4.79 Å². The summed E-state index contributed by atoms with van der Waals surface area (Å²) in [6.07, 6.45) is 16.6. The fourth-order valence-electron chi connectivity index (χ4n) is 2.57. The van der Waals surface area contributed by atoms with Crippen LogP contribution in [0.25, 0.3) is 0 Å². The van der Waals surface area contributed by atoms with Crippen molar-refractivity contribution in [2.45, 2.75) is 83.0 Å². The van der Waals surface area contributed by atoms with Crippen LogP contribution in [0.3, 0.4) is 0 Å². The molecule has 0 unspecified atom stereocenters. The maximum Gasteiger partial charge on any atom is 0.305 e. The molecule has 0 aromatic rings. The molecule has 0 aliphatic carbocycles. The summed E-state index contributed by atoms with van der Waals surface area (Å²) in [5.41, 5.74) is 0. The number of aliphatic hydroxyl groups is 1. The fraction of sp³-hybridized carbons (Fsp3) is 0.737. The molecule has 1 aliphatic rings. The minimum Gasteiger partial charge on any atom is -0.469 e. The summed E-state index contributed by atoms with van der Waals surface area (Å²) in [5.74, 6) is -0.129. The Bertz CT molecular complexity index is 376. The van der Waals surface area contributed by atoms with Gasteiger partial charge in [-0.05, 0) is 25.7 Å². The molecule has 1 rings (SSSR count). The van der Waals surface area contributed by atoms with Crippen LogP contribution in [0.4, 0.5) is 0 Å². The number of allylic oxidation sites excluding steroid dienone is 3. The molecule has 132 valence electrons. The van der Waals surface area contributed by atoms with Crippen LogP contribution in [0.2, 0.25) is 0 Å². The summed E-state index contributed by atoms with van der Waals surface area (Å²) in [5, 5.41) is 10.1. The minimum absolute atomic E-state index is 0.0132. The van der Waals surface area contributed by atoms with Gasteiger partial charge < -0.3 is 14.6 Å². The molecule has 1 fully saturated rings. The van der Waals surface area contributed by atoms with Crippen LogP contribution in [-0.4, -0.2) is 36.5 Å². The second kappa shape index (κ2) is 12.3. The summed E-state index contributed by atoms with van der Waals surface area (Å²) >= 11 is 0. The van der Waals surface area contributed by atoms with Crippen molar-refractivity contribution in [3.05, 3.63) is 24.3 Å². The third kappa shape index (κ3) is 9.57. The fourth-order valence-corrected chi connectivity index (χ4v) is 2.57. The van der Waals surface area contributed by atoms with E-state index >= 15 is 0 Å². The first-order chi connectivity index (χ1) is 11.2. The van der Waals surface area contributed by atoms with Crippen molar-refractivity contribution >= 4 is 5.97 Å². The average molecular weight is 324 g/mol. The Morgan fingerprint density at radius 3 is 2.65 bits per heavy atom. The van der Waals surface area contributed by atoms with Gasteiger partial charge in [0, 0.05) is 6.42 Å². The zero-order chi connectivity index (χ0) is 16.9. The molecule has 0 bridgehead atoms. The highest BCUT2D eigenvalue weighted by Gasteiger charge is 2.41. The Labute approximate surface area is 140 Å². The lowest BCUT2D eigenvalue weighted by atomic mass is 10.0. The summed E-state index contributed by atoms with van der Waals surface area (Å²) in [6, 6.07) is 0. The Balaban J connectivity index is 1.96. The van der Waals surface area contributed by atoms with E-state index in [1.165, 1.54) is 7.11 Å². The average Bonchev–Trinajstić information content (AvgIpc) is 3.33. The standard InChI is InChI=1S/C19H32O4/c1-3-4-5-7-11-14-17-19(23-17)16(20)13-10-8-6-9-12-15-18(21)22-2/h4-5,11,14,16-17,19-20H,3,6-10,12-13,15H2,1-2H3/b5-4-,14-11-/t16-,17-,19-/m0/s1. The largest absolute Gasteiger partial charge is 0.469 e. The number of carbonyl (C=O) groups excluding carboxylic acids is 1. The molecule has 0 aromatic carbocycles. The van der Waals surface area contributed by atoms with Crippen LogP contribution in [0.1, 0.15) is 64.7 Å². The van der Waals surface area contributed by atoms with Gasteiger partial charge in [-0.2, -0.15) is 0 Å². The number of methoxy groups -OCH3 is 1. The Morgan fingerprint density at radius 1 is 1.17 bits per heavy atom. The van der Waals surface area contributed by atoms with Gasteiger partial charge in [-0.1, -0.05) is 56.9 Å². The first kappa shape index (κ1) is 19.9. The lowest BCUT2D eigenvalue weighted by molar-refractivity contribution is -0.140. The minimum atomic E-state index is -0.356. The molecule has 4 heteroatoms. The van der Waals surface area contributed by atoms with Gasteiger partial charge in [0.2, 0.25) is 0 Å². The molecule has 0 amide bonds. The maximum absolute atomic E-state index is 11.0. The van der Waals surface area contributed by atoms with E-state index < -0.39 is 0 Å². The van der Waals surface area contributed by atoms with Crippen LogP contribution >= 0.6 is 0 Å². The number of ether oxygens (including phenoxy) is 2. The van der Waals surface area contributed by atoms with E-state index in [1.807, 2.05) is 0 Å². The molecule has 23 heavy (non-hydrogen) atoms. The Kier molecular flexibility index (Phi) is 10.7. The van der Waals surface area contributed by atoms with E-state index in [0.717, 1.165) is 51.4 Å². The molecule has 0 radical (unpaired) electrons. The number of unbranched alkanes of at least 4 members (excludes halogenated alkanes) is 4. The van der Waals surface area contributed by atoms with Crippen molar-refractivity contribution < 1.29 is 19.4 Å². The molecule has 3 atom stereocenters. The van der Waals surface area contributed by atoms with E-state index in [-0.39, 0.29) is 24.3 Å². The summed E-state index contributed by atoms with van der Waals surface area (Å²) in [6.45, 7) is 2.12. The molecule has 1 heterocycles. The smallest absolute Gasteiger partial charge is 0.305 e. The zero-order valence-electron chi connectivity index (χ0n) is 14.6. The number of epoxide rings is 1. The molecule has 1 saturated heterocycles. The van der Waals surface area contributed by atoms with Gasteiger partial charge in [0.15, 0.2) is 0 Å². The second-order valence-corrected chi connectivity index (χ2v) is 6.06. The molecular weight excluding hydrogens is 292 g/mol. The number of carbonyl (C=O) groups is 1. The molecule has 0 aromatic heterocycles. The highest BCUT2D eigenvalue weighted by Crippen LogP contribution is 2.29. The maximum atomic E-state index is 11.0. The van der Waals surface area contributed by atoms with E-state index in [1.54, 1.807) is 0 Å². The predicted molar refractivity (Wildman–Crippen MR) is 92.2 cm³/mol. The van der Waals surface area contributed by atoms with Gasteiger partial charge in [-0.25, -0.2) is 0 Å². The lowest BCUT2D eigenvalue weighted by Crippen LogP contribution is -2.16. The van der Waals surface area contributed by atoms with Gasteiger partial charge in [0.05, 0.1) is 13.2 Å². The highest BCUT2D eigenvalue weighted by molar-refractivity contribution is 5.68. The zero-order valence-corrected chi connectivity index (χ0v) is 14.6. The monoisotopic (exact) mass is 324 g/mol. The number of esters is 1. The highest BCUT2D eigenvalue weighted by atomic mass is 16.6. The van der Waals surface area contributed by atoms with Crippen molar-refractivity contribution in [1.29, 1.82) is 0 Å². The van der Waals surface area contributed by atoms with Crippen molar-refractivity contribution in [2.24, 2.45) is 0 Å².